The van der Waals surface area contributed by atoms with Gasteiger partial charge in [0.05, 0.1) is 13.2 Å². The molecule has 1 aromatic carbocycles. The largest absolute Gasteiger partial charge is 0.414 e. The summed E-state index contributed by atoms with van der Waals surface area (Å²) in [6, 6.07) is 10.1. The molecule has 0 fully saturated rings. The van der Waals surface area contributed by atoms with E-state index in [1.807, 2.05) is 30.3 Å². The van der Waals surface area contributed by atoms with Crippen LogP contribution >= 0.6 is 0 Å². The van der Waals surface area contributed by atoms with Gasteiger partial charge in [0.25, 0.3) is 0 Å². The molecule has 0 aromatic heterocycles. The number of ether oxygens (including phenoxy) is 2. The zero-order valence-corrected chi connectivity index (χ0v) is 17.8. The first-order valence-corrected chi connectivity index (χ1v) is 12.4. The van der Waals surface area contributed by atoms with Gasteiger partial charge in [-0.05, 0) is 30.1 Å². The maximum atomic E-state index is 9.32. The number of benzene rings is 1. The second kappa shape index (κ2) is 9.29. The minimum Gasteiger partial charge on any atom is -0.414 e. The fraction of sp³-hybridized carbons (Fsp3) is 0.619. The van der Waals surface area contributed by atoms with Crippen molar-refractivity contribution in [2.45, 2.75) is 64.3 Å². The molecule has 1 aromatic rings. The summed E-state index contributed by atoms with van der Waals surface area (Å²) in [7, 11) is -1.81. The average molecular weight is 379 g/mol. The second-order valence-corrected chi connectivity index (χ2v) is 13.3. The number of aliphatic hydroxyl groups excluding tert-OH is 1. The second-order valence-electron chi connectivity index (χ2n) is 8.47. The van der Waals surface area contributed by atoms with E-state index >= 15 is 0 Å². The predicted octanol–water partition coefficient (Wildman–Crippen LogP) is 4.50. The molecule has 26 heavy (non-hydrogen) atoms. The Morgan fingerprint density at radius 3 is 2.42 bits per heavy atom. The Kier molecular flexibility index (Phi) is 7.61. The molecule has 2 rings (SSSR count). The van der Waals surface area contributed by atoms with E-state index in [2.05, 4.69) is 46.0 Å². The Bertz CT molecular complexity index is 565. The first kappa shape index (κ1) is 21.3. The van der Waals surface area contributed by atoms with E-state index in [-0.39, 0.29) is 30.0 Å². The Balaban J connectivity index is 1.95. The molecule has 0 amide bonds. The van der Waals surface area contributed by atoms with Crippen LogP contribution in [0.4, 0.5) is 0 Å². The van der Waals surface area contributed by atoms with Crippen molar-refractivity contribution in [3.05, 3.63) is 48.0 Å². The van der Waals surface area contributed by atoms with E-state index in [9.17, 15) is 5.11 Å². The standard InChI is InChI=1S/C21H34O4Si/c1-21(2,3)26(4,5)24-16-19-12-11-18(13-14-22)20(25-19)23-15-17-9-7-6-8-10-17/h6-12,18-20,22H,13-16H2,1-5H3/t18-,19-,20-/m0/s1. The van der Waals surface area contributed by atoms with E-state index in [1.165, 1.54) is 0 Å². The lowest BCUT2D eigenvalue weighted by atomic mass is 10.0. The highest BCUT2D eigenvalue weighted by molar-refractivity contribution is 6.74. The highest BCUT2D eigenvalue weighted by Crippen LogP contribution is 2.37. The average Bonchev–Trinajstić information content (AvgIpc) is 2.60. The van der Waals surface area contributed by atoms with Gasteiger partial charge in [-0.2, -0.15) is 0 Å². The van der Waals surface area contributed by atoms with Gasteiger partial charge in [-0.1, -0.05) is 63.3 Å². The van der Waals surface area contributed by atoms with Gasteiger partial charge < -0.3 is 19.0 Å². The third-order valence-electron chi connectivity index (χ3n) is 5.37. The molecule has 1 aliphatic heterocycles. The quantitative estimate of drug-likeness (QED) is 0.534. The first-order valence-electron chi connectivity index (χ1n) is 9.47. The van der Waals surface area contributed by atoms with Crippen molar-refractivity contribution in [1.82, 2.24) is 0 Å². The van der Waals surface area contributed by atoms with Crippen molar-refractivity contribution in [2.75, 3.05) is 13.2 Å². The van der Waals surface area contributed by atoms with E-state index in [4.69, 9.17) is 13.9 Å². The maximum Gasteiger partial charge on any atom is 0.192 e. The Morgan fingerprint density at radius 2 is 1.81 bits per heavy atom. The van der Waals surface area contributed by atoms with Crippen LogP contribution in [0.2, 0.25) is 18.1 Å². The topological polar surface area (TPSA) is 47.9 Å². The van der Waals surface area contributed by atoms with E-state index in [0.717, 1.165) is 5.56 Å². The van der Waals surface area contributed by atoms with Gasteiger partial charge in [-0.15, -0.1) is 0 Å². The molecule has 0 spiro atoms. The van der Waals surface area contributed by atoms with E-state index in [1.54, 1.807) is 0 Å². The molecule has 1 aliphatic rings. The fourth-order valence-corrected chi connectivity index (χ4v) is 3.59. The predicted molar refractivity (Wildman–Crippen MR) is 107 cm³/mol. The fourth-order valence-electron chi connectivity index (χ4n) is 2.57. The van der Waals surface area contributed by atoms with Crippen LogP contribution in [0.1, 0.15) is 32.8 Å². The molecule has 0 bridgehead atoms. The van der Waals surface area contributed by atoms with Gasteiger partial charge in [0.2, 0.25) is 0 Å². The normalized spacial score (nSPS) is 24.0. The summed E-state index contributed by atoms with van der Waals surface area (Å²) in [5.74, 6) is 0.0628. The third kappa shape index (κ3) is 6.03. The van der Waals surface area contributed by atoms with Crippen LogP contribution in [0.3, 0.4) is 0 Å². The maximum absolute atomic E-state index is 9.32. The molecule has 146 valence electrons. The molecule has 0 saturated carbocycles. The van der Waals surface area contributed by atoms with E-state index < -0.39 is 8.32 Å². The van der Waals surface area contributed by atoms with E-state index in [0.29, 0.717) is 19.6 Å². The lowest BCUT2D eigenvalue weighted by molar-refractivity contribution is -0.199. The molecule has 0 aliphatic carbocycles. The zero-order chi connectivity index (χ0) is 19.2. The van der Waals surface area contributed by atoms with Gasteiger partial charge in [0, 0.05) is 12.5 Å². The molecule has 1 heterocycles. The summed E-state index contributed by atoms with van der Waals surface area (Å²) >= 11 is 0. The van der Waals surface area contributed by atoms with Crippen LogP contribution in [-0.2, 0) is 20.5 Å². The summed E-state index contributed by atoms with van der Waals surface area (Å²) in [6.45, 7) is 12.4. The van der Waals surface area contributed by atoms with Crippen LogP contribution < -0.4 is 0 Å². The summed E-state index contributed by atoms with van der Waals surface area (Å²) in [4.78, 5) is 0. The van der Waals surface area contributed by atoms with Crippen LogP contribution in [0.5, 0.6) is 0 Å². The molecule has 3 atom stereocenters. The van der Waals surface area contributed by atoms with Crippen LogP contribution in [-0.4, -0.2) is 39.0 Å². The number of aliphatic hydroxyl groups is 1. The van der Waals surface area contributed by atoms with Gasteiger partial charge in [0.1, 0.15) is 6.10 Å². The highest BCUT2D eigenvalue weighted by Gasteiger charge is 2.38. The Hall–Kier alpha value is -0.983. The molecule has 1 N–H and O–H groups in total. The van der Waals surface area contributed by atoms with Gasteiger partial charge in [0.15, 0.2) is 14.6 Å². The lowest BCUT2D eigenvalue weighted by Gasteiger charge is -2.38. The molecule has 0 saturated heterocycles. The van der Waals surface area contributed by atoms with Crippen molar-refractivity contribution in [3.8, 4) is 0 Å². The number of hydrogen-bond acceptors (Lipinski definition) is 4. The van der Waals surface area contributed by atoms with Gasteiger partial charge in [-0.3, -0.25) is 0 Å². The minimum absolute atomic E-state index is 0.0628. The Morgan fingerprint density at radius 1 is 1.12 bits per heavy atom. The Labute approximate surface area is 159 Å². The molecular formula is C21H34O4Si. The van der Waals surface area contributed by atoms with Crippen molar-refractivity contribution >= 4 is 8.32 Å². The van der Waals surface area contributed by atoms with Crippen LogP contribution in [0.25, 0.3) is 0 Å². The summed E-state index contributed by atoms with van der Waals surface area (Å²) in [5, 5.41) is 9.50. The van der Waals surface area contributed by atoms with Crippen LogP contribution in [0.15, 0.2) is 42.5 Å². The van der Waals surface area contributed by atoms with Gasteiger partial charge >= 0.3 is 0 Å². The van der Waals surface area contributed by atoms with Crippen molar-refractivity contribution in [1.29, 1.82) is 0 Å². The zero-order valence-electron chi connectivity index (χ0n) is 16.8. The lowest BCUT2D eigenvalue weighted by Crippen LogP contribution is -2.44. The summed E-state index contributed by atoms with van der Waals surface area (Å²) in [5.41, 5.74) is 1.11. The first-order chi connectivity index (χ1) is 12.2. The summed E-state index contributed by atoms with van der Waals surface area (Å²) in [6.07, 6.45) is 4.32. The molecule has 4 nitrogen and oxygen atoms in total. The highest BCUT2D eigenvalue weighted by atomic mass is 28.4. The number of rotatable bonds is 8. The molecular weight excluding hydrogens is 344 g/mol. The SMILES string of the molecule is CC(C)(C)[Si](C)(C)OC[C@@H]1C=C[C@@H](CCO)[C@@H](OCc2ccccc2)O1. The van der Waals surface area contributed by atoms with Crippen molar-refractivity contribution < 1.29 is 19.0 Å². The smallest absolute Gasteiger partial charge is 0.192 e. The minimum atomic E-state index is -1.81. The third-order valence-corrected chi connectivity index (χ3v) is 9.87. The summed E-state index contributed by atoms with van der Waals surface area (Å²) < 4.78 is 18.5. The number of hydrogen-bond donors (Lipinski definition) is 1. The molecule has 0 unspecified atom stereocenters. The van der Waals surface area contributed by atoms with Gasteiger partial charge in [-0.25, -0.2) is 0 Å². The van der Waals surface area contributed by atoms with Crippen molar-refractivity contribution in [3.63, 3.8) is 0 Å². The van der Waals surface area contributed by atoms with Crippen molar-refractivity contribution in [2.24, 2.45) is 5.92 Å². The molecule has 5 heteroatoms. The van der Waals surface area contributed by atoms with Crippen LogP contribution in [0, 0.1) is 5.92 Å². The molecule has 0 radical (unpaired) electrons. The monoisotopic (exact) mass is 378 g/mol.